The largest absolute Gasteiger partial charge is 0.365 e. The number of nitrogens with zero attached hydrogens (tertiary/aromatic N) is 2. The fourth-order valence-corrected chi connectivity index (χ4v) is 5.01. The van der Waals surface area contributed by atoms with Gasteiger partial charge in [0.2, 0.25) is 5.91 Å². The lowest BCUT2D eigenvalue weighted by atomic mass is 9.83. The molecule has 2 amide bonds. The number of fused-ring (bicyclic) bond motifs is 3. The molecule has 3 aromatic rings. The minimum absolute atomic E-state index is 0.0240. The molecule has 2 aromatic carbocycles. The van der Waals surface area contributed by atoms with Crippen molar-refractivity contribution in [3.8, 4) is 0 Å². The number of halogens is 1. The average molecular weight is 438 g/mol. The van der Waals surface area contributed by atoms with Crippen molar-refractivity contribution in [1.82, 2.24) is 14.8 Å². The number of piperidine rings is 1. The molecule has 1 spiro atoms. The zero-order valence-corrected chi connectivity index (χ0v) is 18.1. The van der Waals surface area contributed by atoms with E-state index in [4.69, 9.17) is 16.3 Å². The summed E-state index contributed by atoms with van der Waals surface area (Å²) in [4.78, 5) is 27.3. The number of benzene rings is 2. The molecule has 6 nitrogen and oxygen atoms in total. The maximum absolute atomic E-state index is 13.5. The molecule has 7 heteroatoms. The van der Waals surface area contributed by atoms with Gasteiger partial charge in [-0.1, -0.05) is 41.9 Å². The monoisotopic (exact) mass is 437 g/mol. The van der Waals surface area contributed by atoms with Crippen LogP contribution in [-0.2, 0) is 28.3 Å². The van der Waals surface area contributed by atoms with Crippen LogP contribution in [0, 0.1) is 0 Å². The Morgan fingerprint density at radius 1 is 1.16 bits per heavy atom. The van der Waals surface area contributed by atoms with Crippen LogP contribution in [0.5, 0.6) is 0 Å². The number of likely N-dealkylation sites (N-methyl/N-ethyl adjacent to an activating group) is 1. The second-order valence-corrected chi connectivity index (χ2v) is 8.67. The van der Waals surface area contributed by atoms with E-state index in [1.165, 1.54) is 11.1 Å². The zero-order valence-electron chi connectivity index (χ0n) is 17.4. The summed E-state index contributed by atoms with van der Waals surface area (Å²) in [5.74, 6) is -0.156. The Hall–Kier alpha value is -2.83. The van der Waals surface area contributed by atoms with Gasteiger partial charge in [-0.25, -0.2) is 0 Å². The highest BCUT2D eigenvalue weighted by Gasteiger charge is 2.43. The van der Waals surface area contributed by atoms with Crippen LogP contribution in [0.25, 0.3) is 10.9 Å². The Kier molecular flexibility index (Phi) is 4.99. The highest BCUT2D eigenvalue weighted by molar-refractivity contribution is 6.31. The number of ether oxygens (including phenoxy) is 1. The van der Waals surface area contributed by atoms with Crippen molar-refractivity contribution in [2.75, 3.05) is 20.1 Å². The molecule has 0 aliphatic carbocycles. The first kappa shape index (κ1) is 20.1. The number of amides is 2. The van der Waals surface area contributed by atoms with E-state index in [0.717, 1.165) is 23.7 Å². The Morgan fingerprint density at radius 3 is 2.71 bits per heavy atom. The van der Waals surface area contributed by atoms with Gasteiger partial charge in [0.05, 0.1) is 23.3 Å². The summed E-state index contributed by atoms with van der Waals surface area (Å²) >= 11 is 6.19. The molecule has 1 fully saturated rings. The van der Waals surface area contributed by atoms with Gasteiger partial charge < -0.3 is 19.5 Å². The van der Waals surface area contributed by atoms with Crippen LogP contribution >= 0.6 is 11.6 Å². The van der Waals surface area contributed by atoms with E-state index in [0.29, 0.717) is 30.3 Å². The molecular weight excluding hydrogens is 414 g/mol. The normalized spacial score (nSPS) is 17.2. The number of rotatable bonds is 3. The van der Waals surface area contributed by atoms with E-state index in [1.807, 2.05) is 17.0 Å². The third kappa shape index (κ3) is 3.40. The maximum atomic E-state index is 13.5. The Morgan fingerprint density at radius 2 is 1.94 bits per heavy atom. The molecule has 1 N–H and O–H groups in total. The second-order valence-electron chi connectivity index (χ2n) is 8.24. The van der Waals surface area contributed by atoms with Gasteiger partial charge >= 0.3 is 0 Å². The first-order valence-electron chi connectivity index (χ1n) is 10.5. The third-order valence-corrected chi connectivity index (χ3v) is 6.77. The van der Waals surface area contributed by atoms with Crippen molar-refractivity contribution in [2.45, 2.75) is 31.6 Å². The van der Waals surface area contributed by atoms with Gasteiger partial charge in [-0.15, -0.1) is 0 Å². The van der Waals surface area contributed by atoms with Crippen molar-refractivity contribution >= 4 is 34.3 Å². The zero-order chi connectivity index (χ0) is 21.6. The van der Waals surface area contributed by atoms with Crippen molar-refractivity contribution < 1.29 is 14.3 Å². The number of likely N-dealkylation sites (tertiary alicyclic amines) is 1. The molecule has 1 saturated heterocycles. The van der Waals surface area contributed by atoms with E-state index in [9.17, 15) is 9.59 Å². The average Bonchev–Trinajstić information content (AvgIpc) is 3.32. The van der Waals surface area contributed by atoms with Crippen LogP contribution in [0.2, 0.25) is 5.02 Å². The lowest BCUT2D eigenvalue weighted by Crippen LogP contribution is -2.45. The van der Waals surface area contributed by atoms with Gasteiger partial charge in [-0.05, 0) is 36.1 Å². The number of hydrogen-bond acceptors (Lipinski definition) is 3. The van der Waals surface area contributed by atoms with Crippen LogP contribution in [0.15, 0.2) is 48.7 Å². The lowest BCUT2D eigenvalue weighted by molar-refractivity contribution is -0.121. The van der Waals surface area contributed by atoms with Gasteiger partial charge in [0.1, 0.15) is 6.54 Å². The fraction of sp³-hybridized carbons (Fsp3) is 0.333. The van der Waals surface area contributed by atoms with Crippen LogP contribution in [0.4, 0.5) is 0 Å². The smallest absolute Gasteiger partial charge is 0.256 e. The van der Waals surface area contributed by atoms with Crippen molar-refractivity contribution in [3.05, 3.63) is 70.4 Å². The number of carbonyl (C=O) groups is 2. The van der Waals surface area contributed by atoms with E-state index in [-0.39, 0.29) is 24.0 Å². The third-order valence-electron chi connectivity index (χ3n) is 6.54. The van der Waals surface area contributed by atoms with E-state index < -0.39 is 0 Å². The summed E-state index contributed by atoms with van der Waals surface area (Å²) in [5, 5.41) is 4.00. The maximum Gasteiger partial charge on any atom is 0.256 e. The van der Waals surface area contributed by atoms with Gasteiger partial charge in [0, 0.05) is 36.7 Å². The summed E-state index contributed by atoms with van der Waals surface area (Å²) in [6.07, 6.45) is 3.32. The first-order valence-corrected chi connectivity index (χ1v) is 10.9. The van der Waals surface area contributed by atoms with Crippen molar-refractivity contribution in [1.29, 1.82) is 0 Å². The van der Waals surface area contributed by atoms with E-state index >= 15 is 0 Å². The Bertz CT molecular complexity index is 1180. The molecule has 5 rings (SSSR count). The molecule has 31 heavy (non-hydrogen) atoms. The van der Waals surface area contributed by atoms with Crippen LogP contribution in [0.3, 0.4) is 0 Å². The fourth-order valence-electron chi connectivity index (χ4n) is 4.84. The number of carbonyl (C=O) groups excluding carboxylic acids is 2. The molecule has 160 valence electrons. The van der Waals surface area contributed by atoms with E-state index in [2.05, 4.69) is 23.5 Å². The molecule has 2 aliphatic heterocycles. The Labute approximate surface area is 185 Å². The predicted octanol–water partition coefficient (Wildman–Crippen LogP) is 3.70. The standard InChI is InChI=1S/C24H24ClN3O3/c1-26-22(29)14-28-13-19(18-7-6-17(25)12-21(18)28)23(30)27-10-8-24(9-11-27)20-5-3-2-4-16(20)15-31-24/h2-7,12-13H,8-11,14-15H2,1H3,(H,26,29). The minimum Gasteiger partial charge on any atom is -0.365 e. The predicted molar refractivity (Wildman–Crippen MR) is 119 cm³/mol. The topological polar surface area (TPSA) is 63.6 Å². The molecule has 0 bridgehead atoms. The van der Waals surface area contributed by atoms with Gasteiger partial charge in [0.15, 0.2) is 0 Å². The molecule has 0 saturated carbocycles. The van der Waals surface area contributed by atoms with Gasteiger partial charge in [-0.2, -0.15) is 0 Å². The number of hydrogen-bond donors (Lipinski definition) is 1. The minimum atomic E-state index is -0.284. The summed E-state index contributed by atoms with van der Waals surface area (Å²) in [7, 11) is 1.60. The molecular formula is C24H24ClN3O3. The molecule has 0 radical (unpaired) electrons. The van der Waals surface area contributed by atoms with E-state index in [1.54, 1.807) is 29.9 Å². The van der Waals surface area contributed by atoms with Crippen LogP contribution in [0.1, 0.15) is 34.3 Å². The van der Waals surface area contributed by atoms with Crippen LogP contribution in [-0.4, -0.2) is 41.4 Å². The number of aromatic nitrogens is 1. The summed E-state index contributed by atoms with van der Waals surface area (Å²) < 4.78 is 8.01. The van der Waals surface area contributed by atoms with Gasteiger partial charge in [0.25, 0.3) is 5.91 Å². The molecule has 1 aromatic heterocycles. The van der Waals surface area contributed by atoms with Crippen molar-refractivity contribution in [2.24, 2.45) is 0 Å². The first-order chi connectivity index (χ1) is 15.0. The molecule has 0 unspecified atom stereocenters. The number of nitrogens with one attached hydrogen (secondary N) is 1. The summed E-state index contributed by atoms with van der Waals surface area (Å²) in [5.41, 5.74) is 3.60. The van der Waals surface area contributed by atoms with Crippen molar-refractivity contribution in [3.63, 3.8) is 0 Å². The second kappa shape index (κ2) is 7.70. The molecule has 3 heterocycles. The highest BCUT2D eigenvalue weighted by atomic mass is 35.5. The molecule has 0 atom stereocenters. The quantitative estimate of drug-likeness (QED) is 0.679. The molecule has 2 aliphatic rings. The highest BCUT2D eigenvalue weighted by Crippen LogP contribution is 2.44. The summed E-state index contributed by atoms with van der Waals surface area (Å²) in [6, 6.07) is 13.8. The summed E-state index contributed by atoms with van der Waals surface area (Å²) in [6.45, 7) is 2.03. The van der Waals surface area contributed by atoms with Crippen LogP contribution < -0.4 is 5.32 Å². The SMILES string of the molecule is CNC(=O)Cn1cc(C(=O)N2CCC3(CC2)OCc2ccccc23)c2ccc(Cl)cc21. The van der Waals surface area contributed by atoms with Gasteiger partial charge in [-0.3, -0.25) is 9.59 Å². The lowest BCUT2D eigenvalue weighted by Gasteiger charge is -2.39. The Balaban J connectivity index is 1.41.